The van der Waals surface area contributed by atoms with Gasteiger partial charge < -0.3 is 10.6 Å². The highest BCUT2D eigenvalue weighted by Gasteiger charge is 2.28. The number of hydrogen-bond donors (Lipinski definition) is 3. The van der Waals surface area contributed by atoms with Crippen molar-refractivity contribution in [1.29, 1.82) is 0 Å². The normalized spacial score (nSPS) is 18.4. The Morgan fingerprint density at radius 1 is 1.50 bits per heavy atom. The van der Waals surface area contributed by atoms with Crippen molar-refractivity contribution in [3.8, 4) is 0 Å². The first-order valence-electron chi connectivity index (χ1n) is 5.99. The van der Waals surface area contributed by atoms with Gasteiger partial charge in [0.05, 0.1) is 10.6 Å². The zero-order valence-electron chi connectivity index (χ0n) is 10.7. The Morgan fingerprint density at radius 3 is 2.85 bits per heavy atom. The van der Waals surface area contributed by atoms with Crippen LogP contribution in [0.5, 0.6) is 0 Å². The molecule has 2 heterocycles. The summed E-state index contributed by atoms with van der Waals surface area (Å²) < 4.78 is 0. The van der Waals surface area contributed by atoms with E-state index in [-0.39, 0.29) is 24.3 Å². The van der Waals surface area contributed by atoms with Gasteiger partial charge in [-0.3, -0.25) is 19.7 Å². The van der Waals surface area contributed by atoms with Crippen LogP contribution in [0, 0.1) is 0 Å². The number of pyridine rings is 1. The van der Waals surface area contributed by atoms with Gasteiger partial charge in [-0.2, -0.15) is 0 Å². The third kappa shape index (κ3) is 3.05. The van der Waals surface area contributed by atoms with Crippen LogP contribution in [0.3, 0.4) is 0 Å². The minimum Gasteiger partial charge on any atom is -0.372 e. The topological polar surface area (TPSA) is 100 Å². The number of carbonyl (C=O) groups is 3. The molecule has 1 atom stereocenters. The molecule has 0 spiro atoms. The lowest BCUT2D eigenvalue weighted by atomic mass is 10.1. The summed E-state index contributed by atoms with van der Waals surface area (Å²) in [6, 6.07) is 0.740. The minimum absolute atomic E-state index is 0.203. The Hall–Kier alpha value is -2.15. The molecule has 2 rings (SSSR count). The molecule has 3 N–H and O–H groups in total. The average Bonchev–Trinajstić information content (AvgIpc) is 2.41. The molecule has 1 aliphatic rings. The largest absolute Gasteiger partial charge is 0.372 e. The molecule has 0 bridgehead atoms. The number of amides is 3. The number of rotatable bonds is 3. The summed E-state index contributed by atoms with van der Waals surface area (Å²) in [5.41, 5.74) is 0.249. The smallest absolute Gasteiger partial charge is 0.253 e. The van der Waals surface area contributed by atoms with Crippen LogP contribution in [0.1, 0.15) is 23.2 Å². The lowest BCUT2D eigenvalue weighted by Gasteiger charge is -2.21. The Labute approximate surface area is 120 Å². The molecule has 1 unspecified atom stereocenters. The molecule has 8 heteroatoms. The Bertz CT molecular complexity index is 576. The minimum atomic E-state index is -0.719. The number of nitrogens with one attached hydrogen (secondary N) is 3. The van der Waals surface area contributed by atoms with Gasteiger partial charge in [0.1, 0.15) is 11.9 Å². The van der Waals surface area contributed by atoms with Gasteiger partial charge in [-0.25, -0.2) is 4.98 Å². The van der Waals surface area contributed by atoms with E-state index < -0.39 is 17.9 Å². The van der Waals surface area contributed by atoms with E-state index in [0.717, 1.165) is 0 Å². The van der Waals surface area contributed by atoms with Crippen molar-refractivity contribution in [2.24, 2.45) is 0 Å². The molecular weight excluding hydrogens is 284 g/mol. The van der Waals surface area contributed by atoms with Crippen LogP contribution in [-0.2, 0) is 9.59 Å². The maximum absolute atomic E-state index is 12.0. The van der Waals surface area contributed by atoms with Gasteiger partial charge in [0, 0.05) is 19.7 Å². The fraction of sp³-hybridized carbons (Fsp3) is 0.333. The molecule has 0 aromatic carbocycles. The van der Waals surface area contributed by atoms with Crippen LogP contribution >= 0.6 is 11.6 Å². The third-order valence-electron chi connectivity index (χ3n) is 2.88. The molecule has 1 aromatic rings. The molecule has 0 aliphatic carbocycles. The van der Waals surface area contributed by atoms with E-state index in [0.29, 0.717) is 10.8 Å². The summed E-state index contributed by atoms with van der Waals surface area (Å²) in [6.45, 7) is 0. The van der Waals surface area contributed by atoms with Gasteiger partial charge in [-0.1, -0.05) is 11.6 Å². The van der Waals surface area contributed by atoms with E-state index >= 15 is 0 Å². The van der Waals surface area contributed by atoms with Gasteiger partial charge in [0.25, 0.3) is 5.91 Å². The van der Waals surface area contributed by atoms with Crippen molar-refractivity contribution in [2.75, 3.05) is 12.4 Å². The lowest BCUT2D eigenvalue weighted by Crippen LogP contribution is -2.52. The van der Waals surface area contributed by atoms with Crippen LogP contribution < -0.4 is 16.0 Å². The molecular formula is C12H13ClN4O3. The summed E-state index contributed by atoms with van der Waals surface area (Å²) in [6.07, 6.45) is 1.85. The number of anilines is 1. The average molecular weight is 297 g/mol. The van der Waals surface area contributed by atoms with Crippen LogP contribution in [0.2, 0.25) is 5.02 Å². The van der Waals surface area contributed by atoms with Crippen molar-refractivity contribution < 1.29 is 14.4 Å². The fourth-order valence-electron chi connectivity index (χ4n) is 1.82. The molecule has 20 heavy (non-hydrogen) atoms. The second kappa shape index (κ2) is 5.87. The van der Waals surface area contributed by atoms with Crippen molar-refractivity contribution in [1.82, 2.24) is 15.6 Å². The van der Waals surface area contributed by atoms with Crippen molar-refractivity contribution in [2.45, 2.75) is 18.9 Å². The van der Waals surface area contributed by atoms with E-state index in [1.165, 1.54) is 12.3 Å². The molecule has 0 radical (unpaired) electrons. The summed E-state index contributed by atoms with van der Waals surface area (Å²) in [5.74, 6) is -0.829. The molecule has 1 fully saturated rings. The summed E-state index contributed by atoms with van der Waals surface area (Å²) in [4.78, 5) is 38.5. The molecule has 0 saturated carbocycles. The fourth-order valence-corrected chi connectivity index (χ4v) is 2.08. The number of aromatic nitrogens is 1. The second-order valence-electron chi connectivity index (χ2n) is 4.28. The molecule has 7 nitrogen and oxygen atoms in total. The third-order valence-corrected chi connectivity index (χ3v) is 3.17. The Balaban J connectivity index is 2.06. The molecule has 1 aliphatic heterocycles. The van der Waals surface area contributed by atoms with E-state index in [2.05, 4.69) is 20.9 Å². The second-order valence-corrected chi connectivity index (χ2v) is 4.69. The van der Waals surface area contributed by atoms with Crippen LogP contribution in [0.4, 0.5) is 5.82 Å². The number of imide groups is 1. The SMILES string of the molecule is CNc1ncc(C(=O)NC2CCC(=O)NC2=O)cc1Cl. The quantitative estimate of drug-likeness (QED) is 0.697. The monoisotopic (exact) mass is 296 g/mol. The predicted molar refractivity (Wildman–Crippen MR) is 72.4 cm³/mol. The first kappa shape index (κ1) is 14.3. The summed E-state index contributed by atoms with van der Waals surface area (Å²) >= 11 is 5.94. The highest BCUT2D eigenvalue weighted by atomic mass is 35.5. The van der Waals surface area contributed by atoms with Crippen molar-refractivity contribution >= 4 is 35.1 Å². The summed E-state index contributed by atoms with van der Waals surface area (Å²) in [5, 5.41) is 7.81. The van der Waals surface area contributed by atoms with Gasteiger partial charge in [0.15, 0.2) is 0 Å². The predicted octanol–water partition coefficient (Wildman–Crippen LogP) is 0.312. The van der Waals surface area contributed by atoms with Gasteiger partial charge in [0.2, 0.25) is 11.8 Å². The van der Waals surface area contributed by atoms with Crippen molar-refractivity contribution in [3.05, 3.63) is 22.8 Å². The van der Waals surface area contributed by atoms with Crippen LogP contribution in [0.25, 0.3) is 0 Å². The number of carbonyl (C=O) groups excluding carboxylic acids is 3. The van der Waals surface area contributed by atoms with Crippen LogP contribution in [0.15, 0.2) is 12.3 Å². The van der Waals surface area contributed by atoms with E-state index in [1.807, 2.05) is 0 Å². The van der Waals surface area contributed by atoms with Crippen molar-refractivity contribution in [3.63, 3.8) is 0 Å². The number of piperidine rings is 1. The van der Waals surface area contributed by atoms with Gasteiger partial charge in [-0.05, 0) is 12.5 Å². The first-order chi connectivity index (χ1) is 9.51. The summed E-state index contributed by atoms with van der Waals surface area (Å²) in [7, 11) is 1.66. The first-order valence-corrected chi connectivity index (χ1v) is 6.37. The zero-order chi connectivity index (χ0) is 14.7. The molecule has 3 amide bonds. The number of hydrogen-bond acceptors (Lipinski definition) is 5. The van der Waals surface area contributed by atoms with E-state index in [4.69, 9.17) is 11.6 Å². The van der Waals surface area contributed by atoms with Crippen LogP contribution in [-0.4, -0.2) is 35.8 Å². The number of nitrogens with zero attached hydrogens (tertiary/aromatic N) is 1. The molecule has 106 valence electrons. The maximum atomic E-state index is 12.0. The lowest BCUT2D eigenvalue weighted by molar-refractivity contribution is -0.134. The van der Waals surface area contributed by atoms with Gasteiger partial charge >= 0.3 is 0 Å². The highest BCUT2D eigenvalue weighted by Crippen LogP contribution is 2.19. The zero-order valence-corrected chi connectivity index (χ0v) is 11.5. The van der Waals surface area contributed by atoms with E-state index in [9.17, 15) is 14.4 Å². The Morgan fingerprint density at radius 2 is 2.25 bits per heavy atom. The number of halogens is 1. The maximum Gasteiger partial charge on any atom is 0.253 e. The van der Waals surface area contributed by atoms with E-state index in [1.54, 1.807) is 7.05 Å². The molecule has 1 saturated heterocycles. The van der Waals surface area contributed by atoms with Gasteiger partial charge in [-0.15, -0.1) is 0 Å². The highest BCUT2D eigenvalue weighted by molar-refractivity contribution is 6.33. The standard InChI is InChI=1S/C12H13ClN4O3/c1-14-10-7(13)4-6(5-15-10)11(19)16-8-2-3-9(18)17-12(8)20/h4-5,8H,2-3H2,1H3,(H,14,15)(H,16,19)(H,17,18,20). The Kier molecular flexibility index (Phi) is 4.19. The molecule has 1 aromatic heterocycles.